The number of hydrogen-bond acceptors (Lipinski definition) is 4. The molecule has 3 aromatic heterocycles. The molecular weight excluding hydrogens is 338 g/mol. The van der Waals surface area contributed by atoms with Crippen molar-refractivity contribution < 1.29 is 4.74 Å². The van der Waals surface area contributed by atoms with Gasteiger partial charge < -0.3 is 14.6 Å². The standard InChI is InChI=1S/C21H21N5O/c1-25-14-17(12-24-25)20-13-23-21-19(20)10-16(11-22-21)15-2-4-18(5-3-15)26-6-8-27-9-7-26/h2-5,10-14H,6-9H2,1H3,(H,22,23). The molecule has 0 atom stereocenters. The van der Waals surface area contributed by atoms with Crippen molar-refractivity contribution in [3.63, 3.8) is 0 Å². The number of ether oxygens (including phenoxy) is 1. The molecule has 1 aliphatic heterocycles. The van der Waals surface area contributed by atoms with Crippen molar-refractivity contribution in [2.24, 2.45) is 7.05 Å². The number of hydrogen-bond donors (Lipinski definition) is 1. The Balaban J connectivity index is 1.49. The first-order valence-corrected chi connectivity index (χ1v) is 9.17. The van der Waals surface area contributed by atoms with Crippen molar-refractivity contribution in [2.75, 3.05) is 31.2 Å². The van der Waals surface area contributed by atoms with E-state index in [-0.39, 0.29) is 0 Å². The van der Waals surface area contributed by atoms with Gasteiger partial charge in [0.15, 0.2) is 0 Å². The van der Waals surface area contributed by atoms with Crippen molar-refractivity contribution in [2.45, 2.75) is 0 Å². The van der Waals surface area contributed by atoms with E-state index in [4.69, 9.17) is 4.74 Å². The summed E-state index contributed by atoms with van der Waals surface area (Å²) in [6, 6.07) is 10.9. The van der Waals surface area contributed by atoms with Crippen LogP contribution in [-0.2, 0) is 11.8 Å². The van der Waals surface area contributed by atoms with Crippen LogP contribution in [0, 0.1) is 0 Å². The van der Waals surface area contributed by atoms with Crippen LogP contribution in [0.25, 0.3) is 33.3 Å². The van der Waals surface area contributed by atoms with Gasteiger partial charge in [-0.3, -0.25) is 4.68 Å². The lowest BCUT2D eigenvalue weighted by Gasteiger charge is -2.28. The fourth-order valence-corrected chi connectivity index (χ4v) is 3.65. The molecule has 1 aromatic carbocycles. The fourth-order valence-electron chi connectivity index (χ4n) is 3.65. The van der Waals surface area contributed by atoms with Crippen molar-refractivity contribution in [3.8, 4) is 22.3 Å². The molecule has 6 nitrogen and oxygen atoms in total. The van der Waals surface area contributed by atoms with Crippen LogP contribution in [0.1, 0.15) is 0 Å². The highest BCUT2D eigenvalue weighted by Gasteiger charge is 2.13. The van der Waals surface area contributed by atoms with Gasteiger partial charge in [0.05, 0.1) is 19.4 Å². The largest absolute Gasteiger partial charge is 0.378 e. The lowest BCUT2D eigenvalue weighted by Crippen LogP contribution is -2.36. The maximum atomic E-state index is 5.44. The second kappa shape index (κ2) is 6.55. The van der Waals surface area contributed by atoms with E-state index in [0.29, 0.717) is 0 Å². The topological polar surface area (TPSA) is 59.0 Å². The molecule has 4 heterocycles. The molecule has 0 spiro atoms. The van der Waals surface area contributed by atoms with Crippen LogP contribution in [0.5, 0.6) is 0 Å². The summed E-state index contributed by atoms with van der Waals surface area (Å²) in [5.74, 6) is 0. The lowest BCUT2D eigenvalue weighted by atomic mass is 10.0. The van der Waals surface area contributed by atoms with Crippen LogP contribution >= 0.6 is 0 Å². The van der Waals surface area contributed by atoms with Crippen molar-refractivity contribution >= 4 is 16.7 Å². The number of rotatable bonds is 3. The molecule has 1 fully saturated rings. The molecule has 1 N–H and O–H groups in total. The van der Waals surface area contributed by atoms with Crippen LogP contribution in [0.3, 0.4) is 0 Å². The third-order valence-electron chi connectivity index (χ3n) is 5.12. The zero-order valence-corrected chi connectivity index (χ0v) is 15.2. The Morgan fingerprint density at radius 3 is 2.56 bits per heavy atom. The summed E-state index contributed by atoms with van der Waals surface area (Å²) < 4.78 is 7.25. The molecular formula is C21H21N5O. The highest BCUT2D eigenvalue weighted by molar-refractivity contribution is 5.95. The molecule has 27 heavy (non-hydrogen) atoms. The number of aromatic nitrogens is 4. The first-order valence-electron chi connectivity index (χ1n) is 9.17. The number of pyridine rings is 1. The van der Waals surface area contributed by atoms with E-state index in [9.17, 15) is 0 Å². The van der Waals surface area contributed by atoms with Crippen LogP contribution in [-0.4, -0.2) is 46.1 Å². The highest BCUT2D eigenvalue weighted by Crippen LogP contribution is 2.31. The molecule has 0 unspecified atom stereocenters. The quantitative estimate of drug-likeness (QED) is 0.608. The molecule has 0 bridgehead atoms. The van der Waals surface area contributed by atoms with Crippen LogP contribution in [0.15, 0.2) is 55.1 Å². The lowest BCUT2D eigenvalue weighted by molar-refractivity contribution is 0.122. The number of aromatic amines is 1. The monoisotopic (exact) mass is 359 g/mol. The number of fused-ring (bicyclic) bond motifs is 1. The molecule has 6 heteroatoms. The average Bonchev–Trinajstić information content (AvgIpc) is 3.34. The van der Waals surface area contributed by atoms with Crippen LogP contribution in [0.2, 0.25) is 0 Å². The summed E-state index contributed by atoms with van der Waals surface area (Å²) in [5.41, 5.74) is 6.62. The predicted molar refractivity (Wildman–Crippen MR) is 107 cm³/mol. The van der Waals surface area contributed by atoms with Gasteiger partial charge >= 0.3 is 0 Å². The zero-order valence-electron chi connectivity index (χ0n) is 15.2. The summed E-state index contributed by atoms with van der Waals surface area (Å²) in [4.78, 5) is 10.2. The fraction of sp³-hybridized carbons (Fsp3) is 0.238. The average molecular weight is 359 g/mol. The summed E-state index contributed by atoms with van der Waals surface area (Å²) in [6.07, 6.45) is 7.83. The SMILES string of the molecule is Cn1cc(-c2c[nH]c3ncc(-c4ccc(N5CCOCC5)cc4)cc23)cn1. The minimum absolute atomic E-state index is 0.799. The van der Waals surface area contributed by atoms with Crippen molar-refractivity contribution in [1.82, 2.24) is 19.7 Å². The molecule has 5 rings (SSSR count). The van der Waals surface area contributed by atoms with Crippen molar-refractivity contribution in [1.29, 1.82) is 0 Å². The smallest absolute Gasteiger partial charge is 0.137 e. The number of nitrogens with zero attached hydrogens (tertiary/aromatic N) is 4. The predicted octanol–water partition coefficient (Wildman–Crippen LogP) is 3.47. The summed E-state index contributed by atoms with van der Waals surface area (Å²) in [5, 5.41) is 5.39. The van der Waals surface area contributed by atoms with Crippen LogP contribution < -0.4 is 4.90 Å². The maximum Gasteiger partial charge on any atom is 0.137 e. The van der Waals surface area contributed by atoms with Gasteiger partial charge in [-0.2, -0.15) is 5.10 Å². The summed E-state index contributed by atoms with van der Waals surface area (Å²) in [6.45, 7) is 3.50. The summed E-state index contributed by atoms with van der Waals surface area (Å²) >= 11 is 0. The van der Waals surface area contributed by atoms with Gasteiger partial charge in [-0.25, -0.2) is 4.98 Å². The molecule has 136 valence electrons. The van der Waals surface area contributed by atoms with Gasteiger partial charge in [0.25, 0.3) is 0 Å². The van der Waals surface area contributed by atoms with Crippen molar-refractivity contribution in [3.05, 3.63) is 55.1 Å². The molecule has 0 saturated carbocycles. The number of aryl methyl sites for hydroxylation is 1. The summed E-state index contributed by atoms with van der Waals surface area (Å²) in [7, 11) is 1.93. The van der Waals surface area contributed by atoms with E-state index in [1.807, 2.05) is 36.5 Å². The number of benzene rings is 1. The van der Waals surface area contributed by atoms with E-state index < -0.39 is 0 Å². The van der Waals surface area contributed by atoms with Gasteiger partial charge in [0.2, 0.25) is 0 Å². The number of morpholine rings is 1. The minimum Gasteiger partial charge on any atom is -0.378 e. The van der Waals surface area contributed by atoms with Gasteiger partial charge in [0, 0.05) is 66.5 Å². The minimum atomic E-state index is 0.799. The molecule has 1 saturated heterocycles. The second-order valence-corrected chi connectivity index (χ2v) is 6.87. The molecule has 0 radical (unpaired) electrons. The van der Waals surface area contributed by atoms with E-state index in [1.54, 1.807) is 0 Å². The van der Waals surface area contributed by atoms with E-state index in [0.717, 1.165) is 54.0 Å². The van der Waals surface area contributed by atoms with Gasteiger partial charge in [-0.05, 0) is 23.8 Å². The Kier molecular flexibility index (Phi) is 3.90. The van der Waals surface area contributed by atoms with E-state index in [2.05, 4.69) is 50.3 Å². The highest BCUT2D eigenvalue weighted by atomic mass is 16.5. The third-order valence-corrected chi connectivity index (χ3v) is 5.12. The first kappa shape index (κ1) is 16.1. The van der Waals surface area contributed by atoms with Crippen LogP contribution in [0.4, 0.5) is 5.69 Å². The normalized spacial score (nSPS) is 14.8. The van der Waals surface area contributed by atoms with Gasteiger partial charge in [-0.1, -0.05) is 12.1 Å². The van der Waals surface area contributed by atoms with Gasteiger partial charge in [-0.15, -0.1) is 0 Å². The molecule has 4 aromatic rings. The van der Waals surface area contributed by atoms with E-state index >= 15 is 0 Å². The first-order chi connectivity index (χ1) is 13.3. The molecule has 0 aliphatic carbocycles. The molecule has 1 aliphatic rings. The third kappa shape index (κ3) is 2.98. The van der Waals surface area contributed by atoms with E-state index in [1.165, 1.54) is 11.3 Å². The number of H-pyrrole nitrogens is 1. The Morgan fingerprint density at radius 1 is 1.00 bits per heavy atom. The van der Waals surface area contributed by atoms with Gasteiger partial charge in [0.1, 0.15) is 5.65 Å². The Morgan fingerprint density at radius 2 is 1.81 bits per heavy atom. The Bertz CT molecular complexity index is 1070. The number of anilines is 1. The Labute approximate surface area is 157 Å². The maximum absolute atomic E-state index is 5.44. The second-order valence-electron chi connectivity index (χ2n) is 6.87. The zero-order chi connectivity index (χ0) is 18.2. The number of nitrogens with one attached hydrogen (secondary N) is 1. The Hall–Kier alpha value is -3.12. The molecule has 0 amide bonds.